The average molecular weight is 139 g/mol. The Morgan fingerprint density at radius 1 is 1.30 bits per heavy atom. The van der Waals surface area contributed by atoms with Gasteiger partial charge in [-0.05, 0) is 37.1 Å². The molecule has 1 nitrogen and oxygen atoms in total. The van der Waals surface area contributed by atoms with Gasteiger partial charge in [-0.15, -0.1) is 0 Å². The fraction of sp³-hybridized carbons (Fsp3) is 1.00. The molecule has 0 radical (unpaired) electrons. The van der Waals surface area contributed by atoms with E-state index in [1.807, 2.05) is 0 Å². The topological polar surface area (TPSA) is 12.0 Å². The van der Waals surface area contributed by atoms with Crippen LogP contribution < -0.4 is 5.32 Å². The largest absolute Gasteiger partial charge is 0.313 e. The third kappa shape index (κ3) is 0.878. The molecule has 1 heterocycles. The zero-order valence-electron chi connectivity index (χ0n) is 6.93. The lowest BCUT2D eigenvalue weighted by molar-refractivity contribution is 0.273. The van der Waals surface area contributed by atoms with Gasteiger partial charge in [0.25, 0.3) is 0 Å². The lowest BCUT2D eigenvalue weighted by atomic mass is 9.93. The second kappa shape index (κ2) is 2.23. The molecule has 3 atom stereocenters. The summed E-state index contributed by atoms with van der Waals surface area (Å²) in [5.74, 6) is 2.98. The van der Waals surface area contributed by atoms with E-state index >= 15 is 0 Å². The summed E-state index contributed by atoms with van der Waals surface area (Å²) in [5, 5.41) is 3.49. The van der Waals surface area contributed by atoms with Crippen LogP contribution in [0.4, 0.5) is 0 Å². The fourth-order valence-electron chi connectivity index (χ4n) is 2.33. The molecular formula is C9H17N. The summed E-state index contributed by atoms with van der Waals surface area (Å²) in [4.78, 5) is 0. The molecule has 1 N–H and O–H groups in total. The van der Waals surface area contributed by atoms with E-state index in [1.165, 1.54) is 19.4 Å². The zero-order chi connectivity index (χ0) is 7.14. The van der Waals surface area contributed by atoms with Gasteiger partial charge in [0.15, 0.2) is 0 Å². The highest BCUT2D eigenvalue weighted by Crippen LogP contribution is 2.39. The molecule has 0 amide bonds. The van der Waals surface area contributed by atoms with Gasteiger partial charge < -0.3 is 5.32 Å². The SMILES string of the molecule is CC(C)C1CC2CNC2C1. The Labute approximate surface area is 63.2 Å². The summed E-state index contributed by atoms with van der Waals surface area (Å²) >= 11 is 0. The van der Waals surface area contributed by atoms with E-state index in [0.29, 0.717) is 0 Å². The van der Waals surface area contributed by atoms with Gasteiger partial charge in [-0.1, -0.05) is 13.8 Å². The first-order chi connectivity index (χ1) is 4.77. The Balaban J connectivity index is 1.92. The first-order valence-corrected chi connectivity index (χ1v) is 4.50. The summed E-state index contributed by atoms with van der Waals surface area (Å²) in [5.41, 5.74) is 0. The number of hydrogen-bond donors (Lipinski definition) is 1. The first-order valence-electron chi connectivity index (χ1n) is 4.50. The van der Waals surface area contributed by atoms with Crippen molar-refractivity contribution in [2.45, 2.75) is 32.7 Å². The third-order valence-corrected chi connectivity index (χ3v) is 3.32. The lowest BCUT2D eigenvalue weighted by Gasteiger charge is -2.31. The molecule has 58 valence electrons. The van der Waals surface area contributed by atoms with E-state index in [-0.39, 0.29) is 0 Å². The van der Waals surface area contributed by atoms with Crippen molar-refractivity contribution >= 4 is 0 Å². The second-order valence-corrected chi connectivity index (χ2v) is 4.25. The van der Waals surface area contributed by atoms with E-state index in [0.717, 1.165) is 23.8 Å². The van der Waals surface area contributed by atoms with Gasteiger partial charge >= 0.3 is 0 Å². The first kappa shape index (κ1) is 6.66. The monoisotopic (exact) mass is 139 g/mol. The molecule has 2 fully saturated rings. The van der Waals surface area contributed by atoms with E-state index < -0.39 is 0 Å². The highest BCUT2D eigenvalue weighted by atomic mass is 15.0. The normalized spacial score (nSPS) is 45.3. The molecule has 1 saturated heterocycles. The zero-order valence-corrected chi connectivity index (χ0v) is 6.93. The predicted octanol–water partition coefficient (Wildman–Crippen LogP) is 1.64. The van der Waals surface area contributed by atoms with Crippen molar-refractivity contribution in [1.82, 2.24) is 5.32 Å². The Hall–Kier alpha value is -0.0400. The van der Waals surface area contributed by atoms with Gasteiger partial charge in [-0.3, -0.25) is 0 Å². The Morgan fingerprint density at radius 3 is 2.40 bits per heavy atom. The van der Waals surface area contributed by atoms with Crippen molar-refractivity contribution in [3.8, 4) is 0 Å². The van der Waals surface area contributed by atoms with Gasteiger partial charge in [0, 0.05) is 6.04 Å². The van der Waals surface area contributed by atoms with Gasteiger partial charge in [0.05, 0.1) is 0 Å². The minimum atomic E-state index is 0.910. The number of fused-ring (bicyclic) bond motifs is 1. The van der Waals surface area contributed by atoms with Crippen LogP contribution in [0.5, 0.6) is 0 Å². The van der Waals surface area contributed by atoms with E-state index in [1.54, 1.807) is 0 Å². The number of rotatable bonds is 1. The maximum atomic E-state index is 3.49. The van der Waals surface area contributed by atoms with Crippen LogP contribution in [0.2, 0.25) is 0 Å². The second-order valence-electron chi connectivity index (χ2n) is 4.25. The summed E-state index contributed by atoms with van der Waals surface area (Å²) in [6.45, 7) is 6.01. The molecule has 0 aromatic heterocycles. The minimum absolute atomic E-state index is 0.910. The summed E-state index contributed by atoms with van der Waals surface area (Å²) in [6.07, 6.45) is 2.94. The van der Waals surface area contributed by atoms with Crippen molar-refractivity contribution in [2.24, 2.45) is 17.8 Å². The molecule has 1 aliphatic heterocycles. The summed E-state index contributed by atoms with van der Waals surface area (Å²) in [6, 6.07) is 0.910. The van der Waals surface area contributed by atoms with Gasteiger partial charge in [-0.2, -0.15) is 0 Å². The fourth-order valence-corrected chi connectivity index (χ4v) is 2.33. The van der Waals surface area contributed by atoms with E-state index in [4.69, 9.17) is 0 Å². The van der Waals surface area contributed by atoms with Crippen LogP contribution in [-0.2, 0) is 0 Å². The van der Waals surface area contributed by atoms with Gasteiger partial charge in [0.1, 0.15) is 0 Å². The van der Waals surface area contributed by atoms with Gasteiger partial charge in [-0.25, -0.2) is 0 Å². The summed E-state index contributed by atoms with van der Waals surface area (Å²) < 4.78 is 0. The van der Waals surface area contributed by atoms with E-state index in [9.17, 15) is 0 Å². The van der Waals surface area contributed by atoms with Crippen LogP contribution in [0.1, 0.15) is 26.7 Å². The van der Waals surface area contributed by atoms with Crippen LogP contribution in [0.3, 0.4) is 0 Å². The highest BCUT2D eigenvalue weighted by Gasteiger charge is 2.40. The van der Waals surface area contributed by atoms with Crippen molar-refractivity contribution in [2.75, 3.05) is 6.54 Å². The molecule has 0 aromatic rings. The highest BCUT2D eigenvalue weighted by molar-refractivity contribution is 4.97. The molecule has 1 heteroatoms. The minimum Gasteiger partial charge on any atom is -0.313 e. The van der Waals surface area contributed by atoms with E-state index in [2.05, 4.69) is 19.2 Å². The summed E-state index contributed by atoms with van der Waals surface area (Å²) in [7, 11) is 0. The van der Waals surface area contributed by atoms with Crippen LogP contribution in [0, 0.1) is 17.8 Å². The quantitative estimate of drug-likeness (QED) is 0.582. The molecule has 2 rings (SSSR count). The average Bonchev–Trinajstić information content (AvgIpc) is 2.09. The maximum Gasteiger partial charge on any atom is 0.0110 e. The molecule has 0 aromatic carbocycles. The molecule has 10 heavy (non-hydrogen) atoms. The van der Waals surface area contributed by atoms with Crippen LogP contribution in [0.25, 0.3) is 0 Å². The molecular weight excluding hydrogens is 122 g/mol. The Kier molecular flexibility index (Phi) is 1.48. The molecule has 0 spiro atoms. The van der Waals surface area contributed by atoms with Crippen LogP contribution in [0.15, 0.2) is 0 Å². The Bertz CT molecular complexity index is 119. The molecule has 1 aliphatic carbocycles. The van der Waals surface area contributed by atoms with Crippen LogP contribution >= 0.6 is 0 Å². The Morgan fingerprint density at radius 2 is 2.10 bits per heavy atom. The maximum absolute atomic E-state index is 3.49. The smallest absolute Gasteiger partial charge is 0.0110 e. The van der Waals surface area contributed by atoms with Crippen molar-refractivity contribution in [3.63, 3.8) is 0 Å². The predicted molar refractivity (Wildman–Crippen MR) is 42.8 cm³/mol. The molecule has 2 aliphatic rings. The van der Waals surface area contributed by atoms with Crippen molar-refractivity contribution in [3.05, 3.63) is 0 Å². The number of nitrogens with one attached hydrogen (secondary N) is 1. The molecule has 1 saturated carbocycles. The van der Waals surface area contributed by atoms with Crippen molar-refractivity contribution in [1.29, 1.82) is 0 Å². The third-order valence-electron chi connectivity index (χ3n) is 3.32. The van der Waals surface area contributed by atoms with Gasteiger partial charge in [0.2, 0.25) is 0 Å². The van der Waals surface area contributed by atoms with Crippen LogP contribution in [-0.4, -0.2) is 12.6 Å². The molecule has 3 unspecified atom stereocenters. The number of hydrogen-bond acceptors (Lipinski definition) is 1. The van der Waals surface area contributed by atoms with Crippen molar-refractivity contribution < 1.29 is 0 Å². The molecule has 0 bridgehead atoms. The standard InChI is InChI=1S/C9H17N/c1-6(2)7-3-8-5-10-9(8)4-7/h6-10H,3-5H2,1-2H3. The lowest BCUT2D eigenvalue weighted by Crippen LogP contribution is -2.49.